The van der Waals surface area contributed by atoms with Crippen LogP contribution < -0.4 is 5.73 Å². The van der Waals surface area contributed by atoms with Gasteiger partial charge in [0.25, 0.3) is 0 Å². The Morgan fingerprint density at radius 1 is 1.36 bits per heavy atom. The molecule has 0 aliphatic carbocycles. The largest absolute Gasteiger partial charge is 0.372 e. The Bertz CT molecular complexity index is 184. The lowest BCUT2D eigenvalue weighted by Gasteiger charge is -1.89. The van der Waals surface area contributed by atoms with Gasteiger partial charge in [-0.1, -0.05) is 37.3 Å². The van der Waals surface area contributed by atoms with Crippen molar-refractivity contribution in [2.75, 3.05) is 0 Å². The molecule has 2 N–H and O–H groups in total. The molecule has 0 spiro atoms. The summed E-state index contributed by atoms with van der Waals surface area (Å²) in [4.78, 5) is 8.58. The number of carbonyl (C=O) groups is 1. The summed E-state index contributed by atoms with van der Waals surface area (Å²) in [5.41, 5.74) is 5.58. The van der Waals surface area contributed by atoms with Crippen molar-refractivity contribution in [2.24, 2.45) is 5.73 Å². The molecule has 0 aromatic heterocycles. The number of hydrogen-bond acceptors (Lipinski definition) is 1. The van der Waals surface area contributed by atoms with Crippen LogP contribution in [-0.4, -0.2) is 6.41 Å². The summed E-state index contributed by atoms with van der Waals surface area (Å²) < 4.78 is 0. The maximum Gasteiger partial charge on any atom is 0.204 e. The van der Waals surface area contributed by atoms with Crippen LogP contribution in [0.3, 0.4) is 0 Å². The minimum Gasteiger partial charge on any atom is -0.372 e. The number of rotatable bonds is 1. The summed E-state index contributed by atoms with van der Waals surface area (Å²) in [5.74, 6) is 0. The van der Waals surface area contributed by atoms with Crippen LogP contribution in [0.15, 0.2) is 30.3 Å². The molecule has 0 fully saturated rings. The Kier molecular flexibility index (Phi) is 5.99. The molecule has 2 heteroatoms. The van der Waals surface area contributed by atoms with Gasteiger partial charge < -0.3 is 5.73 Å². The first-order chi connectivity index (χ1) is 5.35. The van der Waals surface area contributed by atoms with E-state index in [1.807, 2.05) is 6.07 Å². The molecule has 1 rings (SSSR count). The molecule has 1 aromatic rings. The van der Waals surface area contributed by atoms with Crippen molar-refractivity contribution in [3.63, 3.8) is 0 Å². The summed E-state index contributed by atoms with van der Waals surface area (Å²) in [5, 5.41) is 0. The van der Waals surface area contributed by atoms with Crippen LogP contribution in [-0.2, 0) is 11.2 Å². The Morgan fingerprint density at radius 3 is 2.09 bits per heavy atom. The SMILES string of the molecule is CCc1ccccc1.NC=O. The summed E-state index contributed by atoms with van der Waals surface area (Å²) in [6.07, 6.45) is 1.39. The fraction of sp³-hybridized carbons (Fsp3) is 0.222. The van der Waals surface area contributed by atoms with Gasteiger partial charge in [-0.2, -0.15) is 0 Å². The summed E-state index contributed by atoms with van der Waals surface area (Å²) >= 11 is 0. The van der Waals surface area contributed by atoms with Crippen LogP contribution in [0.1, 0.15) is 12.5 Å². The highest BCUT2D eigenvalue weighted by molar-refractivity contribution is 5.42. The Labute approximate surface area is 67.0 Å². The van der Waals surface area contributed by atoms with Gasteiger partial charge in [-0.25, -0.2) is 0 Å². The monoisotopic (exact) mass is 151 g/mol. The molecule has 60 valence electrons. The third kappa shape index (κ3) is 5.15. The topological polar surface area (TPSA) is 43.1 Å². The number of nitrogens with two attached hydrogens (primary N) is 1. The lowest BCUT2D eigenvalue weighted by molar-refractivity contribution is -0.106. The Morgan fingerprint density at radius 2 is 1.82 bits per heavy atom. The van der Waals surface area contributed by atoms with Crippen LogP contribution >= 0.6 is 0 Å². The Hall–Kier alpha value is -1.31. The molecule has 1 aromatic carbocycles. The fourth-order valence-electron chi connectivity index (χ4n) is 0.714. The molecular weight excluding hydrogens is 138 g/mol. The standard InChI is InChI=1S/C8H10.CH3NO/c1-2-8-6-4-3-5-7-8;2-1-3/h3-7H,2H2,1H3;1H,(H2,2,3). The van der Waals surface area contributed by atoms with Gasteiger partial charge in [0.15, 0.2) is 0 Å². The zero-order valence-electron chi connectivity index (χ0n) is 6.66. The average Bonchev–Trinajstić information content (AvgIpc) is 2.08. The minimum atomic E-state index is 0.250. The first-order valence-electron chi connectivity index (χ1n) is 3.54. The lowest BCUT2D eigenvalue weighted by atomic mass is 10.2. The molecule has 0 saturated heterocycles. The number of primary amides is 1. The van der Waals surface area contributed by atoms with Crippen molar-refractivity contribution in [3.8, 4) is 0 Å². The Balaban J connectivity index is 0.000000292. The molecule has 0 unspecified atom stereocenters. The third-order valence-electron chi connectivity index (χ3n) is 1.25. The predicted octanol–water partition coefficient (Wildman–Crippen LogP) is 1.35. The first-order valence-corrected chi connectivity index (χ1v) is 3.54. The van der Waals surface area contributed by atoms with E-state index in [-0.39, 0.29) is 6.41 Å². The normalized spacial score (nSPS) is 7.73. The van der Waals surface area contributed by atoms with Crippen LogP contribution in [0, 0.1) is 0 Å². The molecule has 0 aliphatic heterocycles. The average molecular weight is 151 g/mol. The van der Waals surface area contributed by atoms with E-state index in [1.54, 1.807) is 0 Å². The van der Waals surface area contributed by atoms with Crippen LogP contribution in [0.2, 0.25) is 0 Å². The lowest BCUT2D eigenvalue weighted by Crippen LogP contribution is -1.82. The maximum absolute atomic E-state index is 8.58. The van der Waals surface area contributed by atoms with Crippen molar-refractivity contribution in [1.82, 2.24) is 0 Å². The van der Waals surface area contributed by atoms with Gasteiger partial charge in [0.2, 0.25) is 6.41 Å². The highest BCUT2D eigenvalue weighted by atomic mass is 16.1. The molecule has 1 amide bonds. The van der Waals surface area contributed by atoms with Gasteiger partial charge >= 0.3 is 0 Å². The van der Waals surface area contributed by atoms with Crippen molar-refractivity contribution in [1.29, 1.82) is 0 Å². The third-order valence-corrected chi connectivity index (χ3v) is 1.25. The molecule has 0 atom stereocenters. The van der Waals surface area contributed by atoms with Gasteiger partial charge in [0, 0.05) is 0 Å². The molecule has 2 nitrogen and oxygen atoms in total. The molecule has 0 aliphatic rings. The maximum atomic E-state index is 8.58. The fourth-order valence-corrected chi connectivity index (χ4v) is 0.714. The van der Waals surface area contributed by atoms with E-state index < -0.39 is 0 Å². The van der Waals surface area contributed by atoms with Crippen molar-refractivity contribution >= 4 is 6.41 Å². The number of carbonyl (C=O) groups excluding carboxylic acids is 1. The highest BCUT2D eigenvalue weighted by Gasteiger charge is 1.79. The first kappa shape index (κ1) is 9.69. The van der Waals surface area contributed by atoms with E-state index in [0.717, 1.165) is 6.42 Å². The summed E-state index contributed by atoms with van der Waals surface area (Å²) in [7, 11) is 0. The van der Waals surface area contributed by atoms with Gasteiger partial charge in [-0.3, -0.25) is 4.79 Å². The van der Waals surface area contributed by atoms with Crippen LogP contribution in [0.5, 0.6) is 0 Å². The van der Waals surface area contributed by atoms with E-state index in [0.29, 0.717) is 0 Å². The van der Waals surface area contributed by atoms with E-state index in [4.69, 9.17) is 4.79 Å². The van der Waals surface area contributed by atoms with Crippen LogP contribution in [0.25, 0.3) is 0 Å². The molecule has 0 bridgehead atoms. The van der Waals surface area contributed by atoms with E-state index >= 15 is 0 Å². The van der Waals surface area contributed by atoms with E-state index in [1.165, 1.54) is 5.56 Å². The predicted molar refractivity (Wildman–Crippen MR) is 46.1 cm³/mol. The number of amides is 1. The second-order valence-electron chi connectivity index (χ2n) is 1.98. The second kappa shape index (κ2) is 6.81. The number of benzene rings is 1. The highest BCUT2D eigenvalue weighted by Crippen LogP contribution is 1.96. The smallest absolute Gasteiger partial charge is 0.204 e. The van der Waals surface area contributed by atoms with Gasteiger partial charge in [-0.15, -0.1) is 0 Å². The molecule has 0 saturated carbocycles. The van der Waals surface area contributed by atoms with Crippen molar-refractivity contribution in [2.45, 2.75) is 13.3 Å². The van der Waals surface area contributed by atoms with E-state index in [2.05, 4.69) is 36.9 Å². The zero-order valence-corrected chi connectivity index (χ0v) is 6.66. The molecular formula is C9H13NO. The summed E-state index contributed by atoms with van der Waals surface area (Å²) in [6.45, 7) is 2.16. The minimum absolute atomic E-state index is 0.250. The zero-order chi connectivity index (χ0) is 8.53. The van der Waals surface area contributed by atoms with E-state index in [9.17, 15) is 0 Å². The van der Waals surface area contributed by atoms with Crippen LogP contribution in [0.4, 0.5) is 0 Å². The molecule has 0 radical (unpaired) electrons. The van der Waals surface area contributed by atoms with Crippen molar-refractivity contribution in [3.05, 3.63) is 35.9 Å². The van der Waals surface area contributed by atoms with Gasteiger partial charge in [0.1, 0.15) is 0 Å². The second-order valence-corrected chi connectivity index (χ2v) is 1.98. The van der Waals surface area contributed by atoms with Crippen molar-refractivity contribution < 1.29 is 4.79 Å². The number of aryl methyl sites for hydroxylation is 1. The quantitative estimate of drug-likeness (QED) is 0.605. The number of hydrogen-bond donors (Lipinski definition) is 1. The van der Waals surface area contributed by atoms with Gasteiger partial charge in [-0.05, 0) is 12.0 Å². The molecule has 0 heterocycles. The van der Waals surface area contributed by atoms with Gasteiger partial charge in [0.05, 0.1) is 0 Å². The molecule has 11 heavy (non-hydrogen) atoms. The summed E-state index contributed by atoms with van der Waals surface area (Å²) in [6, 6.07) is 10.5.